The van der Waals surface area contributed by atoms with Gasteiger partial charge in [0.1, 0.15) is 5.75 Å². The second-order valence-electron chi connectivity index (χ2n) is 7.31. The van der Waals surface area contributed by atoms with Gasteiger partial charge in [0.15, 0.2) is 0 Å². The number of benzene rings is 3. The van der Waals surface area contributed by atoms with Crippen LogP contribution in [0.2, 0.25) is 0 Å². The van der Waals surface area contributed by atoms with E-state index in [1.54, 1.807) is 6.07 Å². The zero-order valence-electron chi connectivity index (χ0n) is 16.2. The number of aryl methyl sites for hydroxylation is 2. The summed E-state index contributed by atoms with van der Waals surface area (Å²) in [6, 6.07) is 24.8. The molecule has 0 radical (unpaired) electrons. The summed E-state index contributed by atoms with van der Waals surface area (Å²) in [6.45, 7) is 1.92. The molecule has 3 aromatic carbocycles. The molecule has 140 valence electrons. The number of phenols is 1. The van der Waals surface area contributed by atoms with E-state index in [4.69, 9.17) is 0 Å². The topological polar surface area (TPSA) is 32.3 Å². The van der Waals surface area contributed by atoms with Crippen LogP contribution in [-0.4, -0.2) is 5.11 Å². The number of allylic oxidation sites excluding steroid dienone is 4. The van der Waals surface area contributed by atoms with Crippen molar-refractivity contribution < 1.29 is 5.11 Å². The van der Waals surface area contributed by atoms with Gasteiger partial charge in [-0.25, -0.2) is 0 Å². The van der Waals surface area contributed by atoms with Crippen LogP contribution in [0.15, 0.2) is 90.6 Å². The molecule has 0 fully saturated rings. The second-order valence-corrected chi connectivity index (χ2v) is 7.31. The lowest BCUT2D eigenvalue weighted by molar-refractivity contribution is 0.471. The van der Waals surface area contributed by atoms with Crippen LogP contribution in [0, 0.1) is 6.92 Å². The van der Waals surface area contributed by atoms with E-state index < -0.39 is 0 Å². The van der Waals surface area contributed by atoms with Gasteiger partial charge >= 0.3 is 0 Å². The average molecular weight is 367 g/mol. The Morgan fingerprint density at radius 3 is 2.61 bits per heavy atom. The Hall–Kier alpha value is -3.26. The Morgan fingerprint density at radius 2 is 1.79 bits per heavy atom. The number of hydrogen-bond donors (Lipinski definition) is 2. The molecule has 0 atom stereocenters. The van der Waals surface area contributed by atoms with Crippen molar-refractivity contribution in [3.8, 4) is 5.75 Å². The largest absolute Gasteiger partial charge is 0.508 e. The van der Waals surface area contributed by atoms with Crippen molar-refractivity contribution in [2.45, 2.75) is 26.2 Å². The smallest absolute Gasteiger partial charge is 0.118 e. The Kier molecular flexibility index (Phi) is 5.29. The summed E-state index contributed by atoms with van der Waals surface area (Å²) in [7, 11) is 0. The van der Waals surface area contributed by atoms with Gasteiger partial charge in [-0.2, -0.15) is 0 Å². The minimum absolute atomic E-state index is 0.322. The van der Waals surface area contributed by atoms with Crippen molar-refractivity contribution in [2.75, 3.05) is 5.32 Å². The van der Waals surface area contributed by atoms with Gasteiger partial charge in [0.2, 0.25) is 0 Å². The summed E-state index contributed by atoms with van der Waals surface area (Å²) in [5.74, 6) is 0.322. The second kappa shape index (κ2) is 8.18. The molecule has 4 rings (SSSR count). The first-order valence-corrected chi connectivity index (χ1v) is 9.78. The summed E-state index contributed by atoms with van der Waals surface area (Å²) in [5.41, 5.74) is 8.27. The van der Waals surface area contributed by atoms with Crippen LogP contribution in [0.1, 0.15) is 28.7 Å². The van der Waals surface area contributed by atoms with E-state index in [9.17, 15) is 5.11 Å². The van der Waals surface area contributed by atoms with Crippen LogP contribution in [0.4, 0.5) is 5.69 Å². The van der Waals surface area contributed by atoms with Gasteiger partial charge in [-0.3, -0.25) is 0 Å². The fourth-order valence-electron chi connectivity index (χ4n) is 3.70. The Bertz CT molecular complexity index is 1030. The van der Waals surface area contributed by atoms with E-state index in [-0.39, 0.29) is 0 Å². The lowest BCUT2D eigenvalue weighted by Crippen LogP contribution is -2.06. The Labute approximate surface area is 166 Å². The average Bonchev–Trinajstić information content (AvgIpc) is 2.72. The van der Waals surface area contributed by atoms with E-state index in [2.05, 4.69) is 66.0 Å². The fraction of sp³-hybridized carbons (Fsp3) is 0.154. The molecule has 2 N–H and O–H groups in total. The van der Waals surface area contributed by atoms with Crippen molar-refractivity contribution in [2.24, 2.45) is 0 Å². The van der Waals surface area contributed by atoms with Crippen molar-refractivity contribution in [3.05, 3.63) is 113 Å². The number of hydrogen-bond acceptors (Lipinski definition) is 2. The maximum Gasteiger partial charge on any atom is 0.118 e. The lowest BCUT2D eigenvalue weighted by Gasteiger charge is -2.18. The third kappa shape index (κ3) is 4.17. The maximum atomic E-state index is 9.83. The first-order valence-electron chi connectivity index (χ1n) is 9.78. The molecule has 1 aliphatic rings. The minimum Gasteiger partial charge on any atom is -0.508 e. The molecule has 2 nitrogen and oxygen atoms in total. The fourth-order valence-corrected chi connectivity index (χ4v) is 3.70. The van der Waals surface area contributed by atoms with Crippen LogP contribution < -0.4 is 5.32 Å². The van der Waals surface area contributed by atoms with Gasteiger partial charge in [0.05, 0.1) is 0 Å². The van der Waals surface area contributed by atoms with E-state index in [1.165, 1.54) is 22.3 Å². The standard InChI is InChI=1S/C26H25NO/c1-19-16-23(14-15-26(19)28)27-24(17-20-8-3-2-4-9-20)18-22-12-7-11-21-10-5-6-13-25(21)22/h2-6,8-10,12-16,18,27-28H,7,11,17H2,1H3/b24-18-. The molecule has 3 aromatic rings. The van der Waals surface area contributed by atoms with Crippen LogP contribution in [-0.2, 0) is 12.8 Å². The zero-order chi connectivity index (χ0) is 19.3. The summed E-state index contributed by atoms with van der Waals surface area (Å²) in [5, 5.41) is 13.4. The van der Waals surface area contributed by atoms with Gasteiger partial charge in [-0.15, -0.1) is 0 Å². The molecule has 0 amide bonds. The molecule has 28 heavy (non-hydrogen) atoms. The highest BCUT2D eigenvalue weighted by Crippen LogP contribution is 2.29. The molecule has 0 aromatic heterocycles. The van der Waals surface area contributed by atoms with Crippen molar-refractivity contribution in [1.29, 1.82) is 0 Å². The first-order chi connectivity index (χ1) is 13.7. The van der Waals surface area contributed by atoms with Crippen molar-refractivity contribution in [3.63, 3.8) is 0 Å². The molecule has 1 aliphatic carbocycles. The Morgan fingerprint density at radius 1 is 1.00 bits per heavy atom. The predicted octanol–water partition coefficient (Wildman–Crippen LogP) is 6.27. The normalized spacial score (nSPS) is 13.6. The highest BCUT2D eigenvalue weighted by atomic mass is 16.3. The molecule has 0 aliphatic heterocycles. The van der Waals surface area contributed by atoms with Gasteiger partial charge in [-0.1, -0.05) is 60.7 Å². The number of nitrogens with one attached hydrogen (secondary N) is 1. The summed E-state index contributed by atoms with van der Waals surface area (Å²) in [4.78, 5) is 0. The zero-order valence-corrected chi connectivity index (χ0v) is 16.2. The molecule has 0 saturated carbocycles. The van der Waals surface area contributed by atoms with E-state index >= 15 is 0 Å². The lowest BCUT2D eigenvalue weighted by atomic mass is 9.90. The van der Waals surface area contributed by atoms with Crippen molar-refractivity contribution >= 4 is 11.3 Å². The van der Waals surface area contributed by atoms with Gasteiger partial charge in [-0.05, 0) is 71.9 Å². The third-order valence-corrected chi connectivity index (χ3v) is 5.18. The number of fused-ring (bicyclic) bond motifs is 1. The molecular weight excluding hydrogens is 342 g/mol. The molecule has 0 heterocycles. The quantitative estimate of drug-likeness (QED) is 0.521. The number of rotatable bonds is 5. The van der Waals surface area contributed by atoms with Gasteiger partial charge in [0, 0.05) is 17.8 Å². The molecule has 0 unspecified atom stereocenters. The molecule has 2 heteroatoms. The van der Waals surface area contributed by atoms with E-state index in [1.807, 2.05) is 25.1 Å². The van der Waals surface area contributed by atoms with Crippen molar-refractivity contribution in [1.82, 2.24) is 0 Å². The number of anilines is 1. The van der Waals surface area contributed by atoms with Crippen LogP contribution in [0.3, 0.4) is 0 Å². The molecule has 0 bridgehead atoms. The summed E-state index contributed by atoms with van der Waals surface area (Å²) in [6.07, 6.45) is 7.59. The Balaban J connectivity index is 1.69. The van der Waals surface area contributed by atoms with Crippen LogP contribution in [0.25, 0.3) is 5.57 Å². The molecular formula is C26H25NO. The molecule has 0 saturated heterocycles. The predicted molar refractivity (Wildman–Crippen MR) is 117 cm³/mol. The third-order valence-electron chi connectivity index (χ3n) is 5.18. The monoisotopic (exact) mass is 367 g/mol. The summed E-state index contributed by atoms with van der Waals surface area (Å²) >= 11 is 0. The van der Waals surface area contributed by atoms with Gasteiger partial charge in [0.25, 0.3) is 0 Å². The minimum atomic E-state index is 0.322. The van der Waals surface area contributed by atoms with E-state index in [0.717, 1.165) is 36.2 Å². The SMILES string of the molecule is Cc1cc(N/C(=C\C2=CCCc3ccccc32)Cc2ccccc2)ccc1O. The van der Waals surface area contributed by atoms with Crippen LogP contribution in [0.5, 0.6) is 5.75 Å². The number of phenolic OH excluding ortho intramolecular Hbond substituents is 1. The van der Waals surface area contributed by atoms with E-state index in [0.29, 0.717) is 5.75 Å². The summed E-state index contributed by atoms with van der Waals surface area (Å²) < 4.78 is 0. The first kappa shape index (κ1) is 18.1. The molecule has 0 spiro atoms. The van der Waals surface area contributed by atoms with Gasteiger partial charge < -0.3 is 10.4 Å². The van der Waals surface area contributed by atoms with Crippen LogP contribution >= 0.6 is 0 Å². The highest BCUT2D eigenvalue weighted by molar-refractivity contribution is 5.78. The number of aromatic hydroxyl groups is 1. The maximum absolute atomic E-state index is 9.83. The highest BCUT2D eigenvalue weighted by Gasteiger charge is 2.12.